The van der Waals surface area contributed by atoms with Crippen LogP contribution in [0.2, 0.25) is 0 Å². The Bertz CT molecular complexity index is 552. The Morgan fingerprint density at radius 1 is 1.35 bits per heavy atom. The third kappa shape index (κ3) is 3.16. The van der Waals surface area contributed by atoms with Crippen molar-refractivity contribution < 1.29 is 5.11 Å². The van der Waals surface area contributed by atoms with Gasteiger partial charge in [-0.05, 0) is 19.8 Å². The molecule has 0 radical (unpaired) electrons. The summed E-state index contributed by atoms with van der Waals surface area (Å²) in [6.07, 6.45) is 5.83. The van der Waals surface area contributed by atoms with Gasteiger partial charge >= 0.3 is 0 Å². The fourth-order valence-corrected chi connectivity index (χ4v) is 2.38. The van der Waals surface area contributed by atoms with Crippen molar-refractivity contribution in [2.45, 2.75) is 40.2 Å². The predicted molar refractivity (Wildman–Crippen MR) is 79.5 cm³/mol. The molecule has 2 aromatic heterocycles. The van der Waals surface area contributed by atoms with E-state index in [4.69, 9.17) is 0 Å². The highest BCUT2D eigenvalue weighted by Gasteiger charge is 2.24. The quantitative estimate of drug-likeness (QED) is 0.811. The first-order chi connectivity index (χ1) is 9.62. The Balaban J connectivity index is 1.98. The van der Waals surface area contributed by atoms with Gasteiger partial charge in [0.05, 0.1) is 5.69 Å². The molecule has 2 aromatic rings. The van der Waals surface area contributed by atoms with Crippen LogP contribution < -0.4 is 5.32 Å². The van der Waals surface area contributed by atoms with Crippen molar-refractivity contribution in [3.8, 4) is 0 Å². The maximum absolute atomic E-state index is 9.55. The summed E-state index contributed by atoms with van der Waals surface area (Å²) in [5.41, 5.74) is 2.93. The second-order valence-corrected chi connectivity index (χ2v) is 5.52. The zero-order valence-corrected chi connectivity index (χ0v) is 12.6. The van der Waals surface area contributed by atoms with Crippen LogP contribution in [0, 0.1) is 12.3 Å². The number of aryl methyl sites for hydroxylation is 1. The summed E-state index contributed by atoms with van der Waals surface area (Å²) in [6.45, 7) is 7.99. The summed E-state index contributed by atoms with van der Waals surface area (Å²) in [6, 6.07) is 1.96. The molecule has 5 nitrogen and oxygen atoms in total. The average molecular weight is 276 g/mol. The van der Waals surface area contributed by atoms with Gasteiger partial charge in [0.1, 0.15) is 0 Å². The van der Waals surface area contributed by atoms with E-state index in [1.807, 2.05) is 29.9 Å². The molecule has 2 rings (SSSR count). The van der Waals surface area contributed by atoms with Crippen LogP contribution in [-0.4, -0.2) is 32.9 Å². The van der Waals surface area contributed by atoms with E-state index in [0.717, 1.165) is 42.8 Å². The van der Waals surface area contributed by atoms with Crippen molar-refractivity contribution in [3.05, 3.63) is 29.7 Å². The molecule has 0 fully saturated rings. The van der Waals surface area contributed by atoms with Gasteiger partial charge in [-0.2, -0.15) is 5.10 Å². The average Bonchev–Trinajstić information content (AvgIpc) is 2.83. The molecule has 0 aliphatic heterocycles. The number of hydrogen-bond acceptors (Lipinski definition) is 4. The number of hydrogen-bond donors (Lipinski definition) is 2. The number of nitrogens with zero attached hydrogens (tertiary/aromatic N) is 3. The number of aliphatic hydroxyl groups is 1. The largest absolute Gasteiger partial charge is 0.396 e. The van der Waals surface area contributed by atoms with Crippen molar-refractivity contribution in [1.82, 2.24) is 19.9 Å². The first-order valence-corrected chi connectivity index (χ1v) is 7.25. The minimum atomic E-state index is -0.0141. The van der Waals surface area contributed by atoms with Crippen LogP contribution in [0.25, 0.3) is 5.65 Å². The zero-order chi connectivity index (χ0) is 14.6. The number of rotatable bonds is 7. The highest BCUT2D eigenvalue weighted by Crippen LogP contribution is 2.24. The van der Waals surface area contributed by atoms with E-state index in [1.165, 1.54) is 0 Å². The topological polar surface area (TPSA) is 62.5 Å². The number of aliphatic hydroxyl groups excluding tert-OH is 1. The first-order valence-electron chi connectivity index (χ1n) is 7.25. The lowest BCUT2D eigenvalue weighted by Gasteiger charge is -2.29. The van der Waals surface area contributed by atoms with Crippen LogP contribution in [-0.2, 0) is 6.54 Å². The van der Waals surface area contributed by atoms with Crippen LogP contribution in [0.1, 0.15) is 37.9 Å². The Kier molecular flexibility index (Phi) is 4.73. The Morgan fingerprint density at radius 3 is 2.75 bits per heavy atom. The molecular formula is C15H24N4O. The number of aromatic nitrogens is 3. The van der Waals surface area contributed by atoms with Crippen molar-refractivity contribution in [2.24, 2.45) is 5.41 Å². The van der Waals surface area contributed by atoms with Crippen LogP contribution >= 0.6 is 0 Å². The third-order valence-corrected chi connectivity index (χ3v) is 4.15. The maximum atomic E-state index is 9.55. The first kappa shape index (κ1) is 14.9. The van der Waals surface area contributed by atoms with E-state index in [2.05, 4.69) is 29.2 Å². The summed E-state index contributed by atoms with van der Waals surface area (Å²) in [5, 5.41) is 17.3. The second-order valence-electron chi connectivity index (χ2n) is 5.52. The van der Waals surface area contributed by atoms with E-state index in [1.54, 1.807) is 0 Å². The smallest absolute Gasteiger partial charge is 0.155 e. The van der Waals surface area contributed by atoms with Crippen molar-refractivity contribution in [1.29, 1.82) is 0 Å². The zero-order valence-electron chi connectivity index (χ0n) is 12.6. The van der Waals surface area contributed by atoms with Gasteiger partial charge in [-0.25, -0.2) is 9.50 Å². The van der Waals surface area contributed by atoms with E-state index in [-0.39, 0.29) is 12.0 Å². The number of nitrogens with one attached hydrogen (secondary N) is 1. The maximum Gasteiger partial charge on any atom is 0.155 e. The van der Waals surface area contributed by atoms with Gasteiger partial charge in [-0.3, -0.25) is 0 Å². The summed E-state index contributed by atoms with van der Waals surface area (Å²) in [7, 11) is 0. The normalized spacial score (nSPS) is 12.2. The Labute approximate surface area is 120 Å². The van der Waals surface area contributed by atoms with Gasteiger partial charge < -0.3 is 10.4 Å². The Hall–Kier alpha value is -1.46. The minimum absolute atomic E-state index is 0.0141. The summed E-state index contributed by atoms with van der Waals surface area (Å²) >= 11 is 0. The Morgan fingerprint density at radius 2 is 2.10 bits per heavy atom. The van der Waals surface area contributed by atoms with Crippen molar-refractivity contribution in [3.63, 3.8) is 0 Å². The van der Waals surface area contributed by atoms with E-state index in [0.29, 0.717) is 0 Å². The minimum Gasteiger partial charge on any atom is -0.396 e. The standard InChI is InChI=1S/C15H24N4O/c1-4-15(5-2,11-20)10-16-7-13-8-17-14-6-12(3)18-19(14)9-13/h6,8-9,16,20H,4-5,7,10-11H2,1-3H3. The fourth-order valence-electron chi connectivity index (χ4n) is 2.38. The molecule has 2 N–H and O–H groups in total. The molecule has 0 unspecified atom stereocenters. The van der Waals surface area contributed by atoms with Gasteiger partial charge in [-0.15, -0.1) is 0 Å². The molecule has 0 bridgehead atoms. The van der Waals surface area contributed by atoms with Crippen LogP contribution in [0.4, 0.5) is 0 Å². The van der Waals surface area contributed by atoms with Gasteiger partial charge in [0.15, 0.2) is 5.65 Å². The highest BCUT2D eigenvalue weighted by atomic mass is 16.3. The van der Waals surface area contributed by atoms with Crippen LogP contribution in [0.5, 0.6) is 0 Å². The molecule has 2 heterocycles. The molecule has 0 saturated carbocycles. The van der Waals surface area contributed by atoms with E-state index >= 15 is 0 Å². The van der Waals surface area contributed by atoms with Gasteiger partial charge in [0.25, 0.3) is 0 Å². The molecule has 110 valence electrons. The van der Waals surface area contributed by atoms with Crippen molar-refractivity contribution >= 4 is 5.65 Å². The summed E-state index contributed by atoms with van der Waals surface area (Å²) in [5.74, 6) is 0. The lowest BCUT2D eigenvalue weighted by molar-refractivity contribution is 0.113. The van der Waals surface area contributed by atoms with Gasteiger partial charge in [0, 0.05) is 49.1 Å². The molecule has 0 amide bonds. The molecule has 0 aliphatic rings. The fraction of sp³-hybridized carbons (Fsp3) is 0.600. The number of fused-ring (bicyclic) bond motifs is 1. The van der Waals surface area contributed by atoms with Gasteiger partial charge in [-0.1, -0.05) is 13.8 Å². The molecule has 0 aliphatic carbocycles. The highest BCUT2D eigenvalue weighted by molar-refractivity contribution is 5.38. The van der Waals surface area contributed by atoms with Crippen LogP contribution in [0.3, 0.4) is 0 Å². The molecule has 20 heavy (non-hydrogen) atoms. The molecule has 0 atom stereocenters. The lowest BCUT2D eigenvalue weighted by Crippen LogP contribution is -2.36. The van der Waals surface area contributed by atoms with E-state index < -0.39 is 0 Å². The summed E-state index contributed by atoms with van der Waals surface area (Å²) in [4.78, 5) is 4.39. The monoisotopic (exact) mass is 276 g/mol. The van der Waals surface area contributed by atoms with Gasteiger partial charge in [0.2, 0.25) is 0 Å². The van der Waals surface area contributed by atoms with Crippen molar-refractivity contribution in [2.75, 3.05) is 13.2 Å². The molecule has 0 aromatic carbocycles. The predicted octanol–water partition coefficient (Wildman–Crippen LogP) is 1.93. The third-order valence-electron chi connectivity index (χ3n) is 4.15. The lowest BCUT2D eigenvalue weighted by atomic mass is 9.83. The second kappa shape index (κ2) is 6.33. The molecular weight excluding hydrogens is 252 g/mol. The van der Waals surface area contributed by atoms with Crippen LogP contribution in [0.15, 0.2) is 18.5 Å². The molecule has 0 spiro atoms. The summed E-state index contributed by atoms with van der Waals surface area (Å²) < 4.78 is 1.81. The molecule has 5 heteroatoms. The molecule has 0 saturated heterocycles. The van der Waals surface area contributed by atoms with E-state index in [9.17, 15) is 5.11 Å². The SMILES string of the molecule is CCC(CC)(CO)CNCc1cnc2cc(C)nn2c1.